The zero-order valence-corrected chi connectivity index (χ0v) is 11.9. The Morgan fingerprint density at radius 3 is 2.67 bits per heavy atom. The Labute approximate surface area is 126 Å². The molecule has 0 amide bonds. The largest absolute Gasteiger partial charge is 0.481 e. The van der Waals surface area contributed by atoms with E-state index in [0.29, 0.717) is 16.7 Å². The van der Waals surface area contributed by atoms with Gasteiger partial charge in [-0.3, -0.25) is 0 Å². The van der Waals surface area contributed by atoms with Crippen molar-refractivity contribution in [3.05, 3.63) is 39.6 Å². The molecule has 0 bridgehead atoms. The molecule has 21 heavy (non-hydrogen) atoms. The summed E-state index contributed by atoms with van der Waals surface area (Å²) in [5.74, 6) is -1.31. The van der Waals surface area contributed by atoms with E-state index in [1.165, 1.54) is 17.4 Å². The number of anilines is 1. The zero-order valence-electron chi connectivity index (χ0n) is 10.4. The molecule has 1 heterocycles. The molecule has 0 radical (unpaired) electrons. The standard InChI is InChI=1S/C12H9ClF4N2OS/c13-11-19-5-8(21-11)4-18-7-1-2-10(9(14)3-7)20-6-12(15,16)17/h1-3,5,18H,4,6H2. The summed E-state index contributed by atoms with van der Waals surface area (Å²) in [7, 11) is 0. The van der Waals surface area contributed by atoms with Gasteiger partial charge in [-0.15, -0.1) is 11.3 Å². The van der Waals surface area contributed by atoms with Crippen LogP contribution in [0.3, 0.4) is 0 Å². The highest BCUT2D eigenvalue weighted by atomic mass is 35.5. The lowest BCUT2D eigenvalue weighted by atomic mass is 10.3. The number of hydrogen-bond donors (Lipinski definition) is 1. The lowest BCUT2D eigenvalue weighted by Gasteiger charge is -2.11. The van der Waals surface area contributed by atoms with E-state index in [1.807, 2.05) is 0 Å². The fraction of sp³-hybridized carbons (Fsp3) is 0.250. The van der Waals surface area contributed by atoms with E-state index in [4.69, 9.17) is 11.6 Å². The van der Waals surface area contributed by atoms with Crippen LogP contribution >= 0.6 is 22.9 Å². The Hall–Kier alpha value is -1.54. The van der Waals surface area contributed by atoms with Crippen LogP contribution in [0, 0.1) is 5.82 Å². The average Bonchev–Trinajstić information content (AvgIpc) is 2.80. The number of halogens is 5. The van der Waals surface area contributed by atoms with Gasteiger partial charge in [-0.25, -0.2) is 9.37 Å². The molecule has 9 heteroatoms. The summed E-state index contributed by atoms with van der Waals surface area (Å²) in [6.07, 6.45) is -2.92. The third-order valence-electron chi connectivity index (χ3n) is 2.32. The van der Waals surface area contributed by atoms with Crippen molar-refractivity contribution in [1.82, 2.24) is 4.98 Å². The second-order valence-corrected chi connectivity index (χ2v) is 5.68. The molecule has 1 aromatic carbocycles. The van der Waals surface area contributed by atoms with Gasteiger partial charge in [-0.1, -0.05) is 11.6 Å². The molecule has 2 aromatic rings. The van der Waals surface area contributed by atoms with Crippen molar-refractivity contribution in [2.24, 2.45) is 0 Å². The van der Waals surface area contributed by atoms with Crippen LogP contribution in [-0.2, 0) is 6.54 Å². The monoisotopic (exact) mass is 340 g/mol. The molecular weight excluding hydrogens is 332 g/mol. The number of ether oxygens (including phenoxy) is 1. The Kier molecular flexibility index (Phi) is 4.89. The van der Waals surface area contributed by atoms with Crippen molar-refractivity contribution < 1.29 is 22.3 Å². The first kappa shape index (κ1) is 15.8. The van der Waals surface area contributed by atoms with E-state index in [2.05, 4.69) is 15.0 Å². The third kappa shape index (κ3) is 5.05. The maximum Gasteiger partial charge on any atom is 0.422 e. The maximum absolute atomic E-state index is 13.6. The first-order valence-electron chi connectivity index (χ1n) is 5.67. The number of alkyl halides is 3. The van der Waals surface area contributed by atoms with Crippen molar-refractivity contribution >= 4 is 28.6 Å². The van der Waals surface area contributed by atoms with Gasteiger partial charge < -0.3 is 10.1 Å². The van der Waals surface area contributed by atoms with Gasteiger partial charge >= 0.3 is 6.18 Å². The molecule has 0 aliphatic rings. The van der Waals surface area contributed by atoms with E-state index in [-0.39, 0.29) is 0 Å². The Morgan fingerprint density at radius 2 is 2.10 bits per heavy atom. The van der Waals surface area contributed by atoms with Gasteiger partial charge in [0.1, 0.15) is 0 Å². The minimum Gasteiger partial charge on any atom is -0.481 e. The molecule has 0 saturated heterocycles. The molecule has 0 fully saturated rings. The topological polar surface area (TPSA) is 34.2 Å². The predicted octanol–water partition coefficient (Wildman–Crippen LogP) is 4.49. The van der Waals surface area contributed by atoms with Gasteiger partial charge in [-0.2, -0.15) is 13.2 Å². The fourth-order valence-electron chi connectivity index (χ4n) is 1.44. The van der Waals surface area contributed by atoms with Crippen molar-refractivity contribution in [2.75, 3.05) is 11.9 Å². The molecule has 2 rings (SSSR count). The molecule has 0 unspecified atom stereocenters. The van der Waals surface area contributed by atoms with E-state index >= 15 is 0 Å². The SMILES string of the molecule is Fc1cc(NCc2cnc(Cl)s2)ccc1OCC(F)(F)F. The Balaban J connectivity index is 1.95. The molecule has 1 N–H and O–H groups in total. The summed E-state index contributed by atoms with van der Waals surface area (Å²) in [6.45, 7) is -1.15. The highest BCUT2D eigenvalue weighted by Crippen LogP contribution is 2.25. The van der Waals surface area contributed by atoms with Crippen LogP contribution in [0.25, 0.3) is 0 Å². The molecule has 0 spiro atoms. The highest BCUT2D eigenvalue weighted by Gasteiger charge is 2.28. The predicted molar refractivity (Wildman–Crippen MR) is 72.4 cm³/mol. The number of rotatable bonds is 5. The summed E-state index contributed by atoms with van der Waals surface area (Å²) in [5, 5.41) is 2.91. The lowest BCUT2D eigenvalue weighted by Crippen LogP contribution is -2.19. The summed E-state index contributed by atoms with van der Waals surface area (Å²) in [4.78, 5) is 4.70. The number of thiazole rings is 1. The molecule has 0 saturated carbocycles. The quantitative estimate of drug-likeness (QED) is 0.814. The normalized spacial score (nSPS) is 11.5. The number of nitrogens with zero attached hydrogens (tertiary/aromatic N) is 1. The third-order valence-corrected chi connectivity index (χ3v) is 3.43. The van der Waals surface area contributed by atoms with E-state index in [0.717, 1.165) is 17.0 Å². The van der Waals surface area contributed by atoms with E-state index in [9.17, 15) is 17.6 Å². The summed E-state index contributed by atoms with van der Waals surface area (Å²) in [6, 6.07) is 3.63. The molecular formula is C12H9ClF4N2OS. The summed E-state index contributed by atoms with van der Waals surface area (Å²) >= 11 is 6.94. The van der Waals surface area contributed by atoms with Gasteiger partial charge in [-0.05, 0) is 12.1 Å². The molecule has 114 valence electrons. The molecule has 0 atom stereocenters. The molecule has 3 nitrogen and oxygen atoms in total. The minimum absolute atomic E-state index is 0.382. The average molecular weight is 341 g/mol. The van der Waals surface area contributed by atoms with Crippen molar-refractivity contribution in [1.29, 1.82) is 0 Å². The van der Waals surface area contributed by atoms with Gasteiger partial charge in [0, 0.05) is 22.8 Å². The zero-order chi connectivity index (χ0) is 15.5. The van der Waals surface area contributed by atoms with Crippen LogP contribution in [0.2, 0.25) is 4.47 Å². The molecule has 1 aromatic heterocycles. The second kappa shape index (κ2) is 6.48. The summed E-state index contributed by atoms with van der Waals surface area (Å²) < 4.78 is 54.3. The first-order valence-corrected chi connectivity index (χ1v) is 6.86. The molecule has 0 aliphatic carbocycles. The lowest BCUT2D eigenvalue weighted by molar-refractivity contribution is -0.153. The fourth-order valence-corrected chi connectivity index (χ4v) is 2.36. The number of nitrogens with one attached hydrogen (secondary N) is 1. The van der Waals surface area contributed by atoms with Gasteiger partial charge in [0.2, 0.25) is 0 Å². The van der Waals surface area contributed by atoms with Crippen LogP contribution in [-0.4, -0.2) is 17.8 Å². The van der Waals surface area contributed by atoms with E-state index < -0.39 is 24.3 Å². The Morgan fingerprint density at radius 1 is 1.33 bits per heavy atom. The van der Waals surface area contributed by atoms with Crippen molar-refractivity contribution in [3.8, 4) is 5.75 Å². The van der Waals surface area contributed by atoms with Crippen LogP contribution in [0.4, 0.5) is 23.2 Å². The second-order valence-electron chi connectivity index (χ2n) is 3.98. The maximum atomic E-state index is 13.6. The number of aromatic nitrogens is 1. The number of hydrogen-bond acceptors (Lipinski definition) is 4. The van der Waals surface area contributed by atoms with Crippen molar-refractivity contribution in [3.63, 3.8) is 0 Å². The van der Waals surface area contributed by atoms with Crippen LogP contribution in [0.1, 0.15) is 4.88 Å². The molecule has 0 aliphatic heterocycles. The number of benzene rings is 1. The Bertz CT molecular complexity index is 618. The van der Waals surface area contributed by atoms with Crippen LogP contribution < -0.4 is 10.1 Å². The van der Waals surface area contributed by atoms with Crippen molar-refractivity contribution in [2.45, 2.75) is 12.7 Å². The van der Waals surface area contributed by atoms with Gasteiger partial charge in [0.05, 0.1) is 6.54 Å². The van der Waals surface area contributed by atoms with Crippen LogP contribution in [0.5, 0.6) is 5.75 Å². The minimum atomic E-state index is -4.51. The highest BCUT2D eigenvalue weighted by molar-refractivity contribution is 7.15. The van der Waals surface area contributed by atoms with E-state index in [1.54, 1.807) is 6.20 Å². The summed E-state index contributed by atoms with van der Waals surface area (Å²) in [5.41, 5.74) is 0.413. The first-order chi connectivity index (χ1) is 9.83. The van der Waals surface area contributed by atoms with Crippen LogP contribution in [0.15, 0.2) is 24.4 Å². The smallest absolute Gasteiger partial charge is 0.422 e. The van der Waals surface area contributed by atoms with Gasteiger partial charge in [0.25, 0.3) is 0 Å². The van der Waals surface area contributed by atoms with Gasteiger partial charge in [0.15, 0.2) is 22.6 Å².